The molecule has 0 bridgehead atoms. The largest absolute Gasteiger partial charge is 0.493 e. The first-order chi connectivity index (χ1) is 10.9. The number of halogens is 1. The van der Waals surface area contributed by atoms with Gasteiger partial charge in [-0.05, 0) is 48.3 Å². The summed E-state index contributed by atoms with van der Waals surface area (Å²) < 4.78 is 16.4. The number of carbonyl (C=O) groups excluding carboxylic acids is 2. The van der Waals surface area contributed by atoms with Gasteiger partial charge in [0.25, 0.3) is 5.91 Å². The molecule has 1 rings (SSSR count). The normalized spacial score (nSPS) is 10.3. The quantitative estimate of drug-likeness (QED) is 0.694. The smallest absolute Gasteiger partial charge is 0.338 e. The van der Waals surface area contributed by atoms with Crippen molar-refractivity contribution in [3.05, 3.63) is 22.2 Å². The fourth-order valence-electron chi connectivity index (χ4n) is 1.76. The van der Waals surface area contributed by atoms with Crippen molar-refractivity contribution in [1.82, 2.24) is 5.32 Å². The molecule has 23 heavy (non-hydrogen) atoms. The second kappa shape index (κ2) is 9.39. The Hall–Kier alpha value is -1.76. The Morgan fingerprint density at radius 2 is 2.00 bits per heavy atom. The van der Waals surface area contributed by atoms with Crippen molar-refractivity contribution in [3.63, 3.8) is 0 Å². The maximum atomic E-state index is 12.1. The number of rotatable bonds is 8. The van der Waals surface area contributed by atoms with Crippen LogP contribution >= 0.6 is 15.9 Å². The van der Waals surface area contributed by atoms with Gasteiger partial charge in [-0.1, -0.05) is 6.92 Å². The molecule has 1 amide bonds. The van der Waals surface area contributed by atoms with E-state index < -0.39 is 5.97 Å². The number of methoxy groups -OCH3 is 1. The van der Waals surface area contributed by atoms with Gasteiger partial charge in [0.05, 0.1) is 23.8 Å². The molecule has 0 aliphatic rings. The van der Waals surface area contributed by atoms with E-state index in [0.29, 0.717) is 22.6 Å². The van der Waals surface area contributed by atoms with Crippen LogP contribution in [0.15, 0.2) is 16.6 Å². The summed E-state index contributed by atoms with van der Waals surface area (Å²) in [6.45, 7) is 5.86. The monoisotopic (exact) mass is 387 g/mol. The van der Waals surface area contributed by atoms with E-state index in [0.717, 1.165) is 6.42 Å². The van der Waals surface area contributed by atoms with Crippen LogP contribution in [0.4, 0.5) is 0 Å². The number of hydrogen-bond donors (Lipinski definition) is 1. The lowest BCUT2D eigenvalue weighted by molar-refractivity contribution is -0.124. The van der Waals surface area contributed by atoms with Crippen LogP contribution < -0.4 is 14.8 Å². The van der Waals surface area contributed by atoms with E-state index in [1.807, 2.05) is 20.8 Å². The lowest BCUT2D eigenvalue weighted by Crippen LogP contribution is -2.33. The second-order valence-electron chi connectivity index (χ2n) is 5.14. The molecule has 0 aromatic heterocycles. The van der Waals surface area contributed by atoms with E-state index in [4.69, 9.17) is 14.2 Å². The Bertz CT molecular complexity index is 560. The van der Waals surface area contributed by atoms with Crippen LogP contribution in [0.25, 0.3) is 0 Å². The van der Waals surface area contributed by atoms with Gasteiger partial charge < -0.3 is 19.5 Å². The average molecular weight is 388 g/mol. The fourth-order valence-corrected chi connectivity index (χ4v) is 2.32. The van der Waals surface area contributed by atoms with Gasteiger partial charge in [-0.25, -0.2) is 4.79 Å². The predicted molar refractivity (Wildman–Crippen MR) is 90.0 cm³/mol. The summed E-state index contributed by atoms with van der Waals surface area (Å²) in [5.41, 5.74) is 0.273. The summed E-state index contributed by atoms with van der Waals surface area (Å²) in [5.74, 6) is 0.00193. The third-order valence-electron chi connectivity index (χ3n) is 2.70. The first kappa shape index (κ1) is 19.3. The van der Waals surface area contributed by atoms with E-state index in [2.05, 4.69) is 21.2 Å². The van der Waals surface area contributed by atoms with Gasteiger partial charge in [-0.2, -0.15) is 0 Å². The van der Waals surface area contributed by atoms with Crippen LogP contribution in [0.5, 0.6) is 11.5 Å². The Kier molecular flexibility index (Phi) is 7.88. The van der Waals surface area contributed by atoms with Crippen LogP contribution in [0.1, 0.15) is 37.6 Å². The van der Waals surface area contributed by atoms with Gasteiger partial charge in [0.15, 0.2) is 18.1 Å². The number of amides is 1. The number of nitrogens with one attached hydrogen (secondary N) is 1. The molecule has 128 valence electrons. The van der Waals surface area contributed by atoms with E-state index >= 15 is 0 Å². The van der Waals surface area contributed by atoms with E-state index in [9.17, 15) is 9.59 Å². The highest BCUT2D eigenvalue weighted by atomic mass is 79.9. The van der Waals surface area contributed by atoms with Crippen LogP contribution in [0, 0.1) is 0 Å². The Balaban J connectivity index is 2.81. The first-order valence-electron chi connectivity index (χ1n) is 7.35. The first-order valence-corrected chi connectivity index (χ1v) is 8.15. The SMILES string of the molecule is CCCOc1c(Br)cc(C(=O)OCC(=O)NC(C)C)cc1OC. The Labute approximate surface area is 144 Å². The minimum atomic E-state index is -0.607. The molecule has 6 nitrogen and oxygen atoms in total. The van der Waals surface area contributed by atoms with Crippen molar-refractivity contribution in [2.24, 2.45) is 0 Å². The summed E-state index contributed by atoms with van der Waals surface area (Å²) in [4.78, 5) is 23.6. The second-order valence-corrected chi connectivity index (χ2v) is 5.99. The highest BCUT2D eigenvalue weighted by molar-refractivity contribution is 9.10. The molecule has 1 N–H and O–H groups in total. The van der Waals surface area contributed by atoms with Crippen molar-refractivity contribution in [2.45, 2.75) is 33.2 Å². The number of benzene rings is 1. The molecular weight excluding hydrogens is 366 g/mol. The van der Waals surface area contributed by atoms with Crippen LogP contribution in [-0.4, -0.2) is 38.2 Å². The lowest BCUT2D eigenvalue weighted by atomic mass is 10.2. The molecule has 0 aliphatic carbocycles. The molecule has 0 radical (unpaired) electrons. The van der Waals surface area contributed by atoms with Gasteiger partial charge in [0.2, 0.25) is 0 Å². The van der Waals surface area contributed by atoms with Gasteiger partial charge >= 0.3 is 5.97 Å². The molecular formula is C16H22BrNO5. The van der Waals surface area contributed by atoms with Gasteiger partial charge in [0, 0.05) is 6.04 Å². The van der Waals surface area contributed by atoms with Crippen LogP contribution in [0.3, 0.4) is 0 Å². The minimum absolute atomic E-state index is 0.00885. The molecule has 7 heteroatoms. The zero-order chi connectivity index (χ0) is 17.4. The third kappa shape index (κ3) is 6.09. The van der Waals surface area contributed by atoms with Crippen molar-refractivity contribution in [2.75, 3.05) is 20.3 Å². The highest BCUT2D eigenvalue weighted by Gasteiger charge is 2.17. The molecule has 0 atom stereocenters. The molecule has 0 unspecified atom stereocenters. The number of carbonyl (C=O) groups is 2. The Morgan fingerprint density at radius 1 is 1.30 bits per heavy atom. The summed E-state index contributed by atoms with van der Waals surface area (Å²) in [6, 6.07) is 3.10. The minimum Gasteiger partial charge on any atom is -0.493 e. The zero-order valence-electron chi connectivity index (χ0n) is 13.8. The van der Waals surface area contributed by atoms with E-state index in [-0.39, 0.29) is 24.1 Å². The summed E-state index contributed by atoms with van der Waals surface area (Å²) in [5, 5.41) is 2.65. The predicted octanol–water partition coefficient (Wildman–Crippen LogP) is 2.93. The molecule has 0 heterocycles. The standard InChI is InChI=1S/C16H22BrNO5/c1-5-6-22-15-12(17)7-11(8-13(15)21-4)16(20)23-9-14(19)18-10(2)3/h7-8,10H,5-6,9H2,1-4H3,(H,18,19). The number of esters is 1. The highest BCUT2D eigenvalue weighted by Crippen LogP contribution is 2.36. The van der Waals surface area contributed by atoms with Crippen molar-refractivity contribution in [3.8, 4) is 11.5 Å². The summed E-state index contributed by atoms with van der Waals surface area (Å²) in [6.07, 6.45) is 0.852. The molecule has 1 aromatic rings. The lowest BCUT2D eigenvalue weighted by Gasteiger charge is -2.14. The fraction of sp³-hybridized carbons (Fsp3) is 0.500. The van der Waals surface area contributed by atoms with Gasteiger partial charge in [-0.3, -0.25) is 4.79 Å². The maximum Gasteiger partial charge on any atom is 0.338 e. The molecule has 0 saturated heterocycles. The molecule has 0 saturated carbocycles. The maximum absolute atomic E-state index is 12.1. The number of ether oxygens (including phenoxy) is 3. The molecule has 0 fully saturated rings. The average Bonchev–Trinajstić information content (AvgIpc) is 2.50. The molecule has 1 aromatic carbocycles. The summed E-state index contributed by atoms with van der Waals surface area (Å²) in [7, 11) is 1.49. The number of hydrogen-bond acceptors (Lipinski definition) is 5. The molecule has 0 spiro atoms. The summed E-state index contributed by atoms with van der Waals surface area (Å²) >= 11 is 3.36. The zero-order valence-corrected chi connectivity index (χ0v) is 15.4. The van der Waals surface area contributed by atoms with Crippen molar-refractivity contribution >= 4 is 27.8 Å². The van der Waals surface area contributed by atoms with E-state index in [1.54, 1.807) is 6.07 Å². The van der Waals surface area contributed by atoms with Gasteiger partial charge in [-0.15, -0.1) is 0 Å². The van der Waals surface area contributed by atoms with Crippen molar-refractivity contribution in [1.29, 1.82) is 0 Å². The van der Waals surface area contributed by atoms with Crippen LogP contribution in [0.2, 0.25) is 0 Å². The van der Waals surface area contributed by atoms with E-state index in [1.165, 1.54) is 13.2 Å². The van der Waals surface area contributed by atoms with Crippen molar-refractivity contribution < 1.29 is 23.8 Å². The van der Waals surface area contributed by atoms with Gasteiger partial charge in [0.1, 0.15) is 0 Å². The van der Waals surface area contributed by atoms with Crippen LogP contribution in [-0.2, 0) is 9.53 Å². The Morgan fingerprint density at radius 3 is 2.57 bits per heavy atom. The topological polar surface area (TPSA) is 73.9 Å². The molecule has 0 aliphatic heterocycles. The third-order valence-corrected chi connectivity index (χ3v) is 3.29.